The monoisotopic (exact) mass is 425 g/mol. The molecule has 1 heterocycles. The number of hydrogen-bond donors (Lipinski definition) is 0. The molecule has 0 aromatic heterocycles. The van der Waals surface area contributed by atoms with Gasteiger partial charge in [0.25, 0.3) is 0 Å². The third kappa shape index (κ3) is 4.93. The van der Waals surface area contributed by atoms with Crippen molar-refractivity contribution < 1.29 is 27.4 Å². The smallest absolute Gasteiger partial charge is 0.496 e. The topological polar surface area (TPSA) is 30.9 Å². The van der Waals surface area contributed by atoms with Crippen LogP contribution in [0.4, 0.5) is 13.2 Å². The quantitative estimate of drug-likeness (QED) is 0.565. The zero-order valence-electron chi connectivity index (χ0n) is 16.5. The SMILES string of the molecule is COc1ccc(C)c(OC)c1C1SC(C)=CN1Cc1ccc(OC(F)(F)F)cc1. The van der Waals surface area contributed by atoms with Crippen molar-refractivity contribution in [2.75, 3.05) is 14.2 Å². The molecule has 0 fully saturated rings. The number of hydrogen-bond acceptors (Lipinski definition) is 5. The van der Waals surface area contributed by atoms with Gasteiger partial charge in [0.1, 0.15) is 22.6 Å². The van der Waals surface area contributed by atoms with Crippen LogP contribution < -0.4 is 14.2 Å². The van der Waals surface area contributed by atoms with Crippen molar-refractivity contribution >= 4 is 11.8 Å². The molecule has 0 aliphatic carbocycles. The minimum absolute atomic E-state index is 0.0779. The van der Waals surface area contributed by atoms with E-state index in [0.717, 1.165) is 33.1 Å². The molecule has 0 radical (unpaired) electrons. The Morgan fingerprint density at radius 2 is 1.69 bits per heavy atom. The van der Waals surface area contributed by atoms with Crippen LogP contribution in [0.2, 0.25) is 0 Å². The Morgan fingerprint density at radius 1 is 1.00 bits per heavy atom. The third-order valence-electron chi connectivity index (χ3n) is 4.49. The number of aryl methyl sites for hydroxylation is 1. The molecule has 2 aromatic carbocycles. The molecule has 2 aromatic rings. The van der Waals surface area contributed by atoms with Gasteiger partial charge in [0.2, 0.25) is 0 Å². The molecular formula is C21H22F3NO3S. The Morgan fingerprint density at radius 3 is 2.28 bits per heavy atom. The fourth-order valence-corrected chi connectivity index (χ4v) is 4.47. The molecule has 0 bridgehead atoms. The molecule has 0 amide bonds. The Kier molecular flexibility index (Phi) is 6.21. The standard InChI is InChI=1S/C21H22F3NO3S/c1-13-5-10-17(26-3)18(19(13)27-4)20-25(11-14(2)29-20)12-15-6-8-16(9-7-15)28-21(22,23)24/h5-11,20H,12H2,1-4H3. The number of alkyl halides is 3. The van der Waals surface area contributed by atoms with E-state index in [4.69, 9.17) is 9.47 Å². The van der Waals surface area contributed by atoms with E-state index < -0.39 is 6.36 Å². The van der Waals surface area contributed by atoms with E-state index >= 15 is 0 Å². The van der Waals surface area contributed by atoms with Crippen LogP contribution in [0.25, 0.3) is 0 Å². The highest BCUT2D eigenvalue weighted by Gasteiger charge is 2.32. The third-order valence-corrected chi connectivity index (χ3v) is 5.70. The van der Waals surface area contributed by atoms with Gasteiger partial charge in [0.05, 0.1) is 19.8 Å². The molecule has 1 unspecified atom stereocenters. The van der Waals surface area contributed by atoms with E-state index in [1.165, 1.54) is 12.1 Å². The molecule has 1 atom stereocenters. The van der Waals surface area contributed by atoms with E-state index in [1.54, 1.807) is 38.1 Å². The molecule has 8 heteroatoms. The maximum atomic E-state index is 12.4. The summed E-state index contributed by atoms with van der Waals surface area (Å²) in [6.45, 7) is 4.51. The second-order valence-electron chi connectivity index (χ2n) is 6.61. The lowest BCUT2D eigenvalue weighted by atomic mass is 10.1. The van der Waals surface area contributed by atoms with Crippen molar-refractivity contribution in [1.82, 2.24) is 4.90 Å². The van der Waals surface area contributed by atoms with E-state index in [-0.39, 0.29) is 11.1 Å². The summed E-state index contributed by atoms with van der Waals surface area (Å²) < 4.78 is 52.3. The lowest BCUT2D eigenvalue weighted by Gasteiger charge is -2.28. The van der Waals surface area contributed by atoms with Gasteiger partial charge in [-0.1, -0.05) is 30.0 Å². The van der Waals surface area contributed by atoms with Gasteiger partial charge in [-0.2, -0.15) is 0 Å². The number of allylic oxidation sites excluding steroid dienone is 1. The van der Waals surface area contributed by atoms with Crippen LogP contribution in [-0.4, -0.2) is 25.5 Å². The van der Waals surface area contributed by atoms with Crippen LogP contribution in [0.5, 0.6) is 17.2 Å². The van der Waals surface area contributed by atoms with Crippen molar-refractivity contribution in [3.05, 3.63) is 64.2 Å². The van der Waals surface area contributed by atoms with Gasteiger partial charge in [-0.05, 0) is 43.2 Å². The summed E-state index contributed by atoms with van der Waals surface area (Å²) in [7, 11) is 3.26. The normalized spacial score (nSPS) is 16.6. The Balaban J connectivity index is 1.87. The van der Waals surface area contributed by atoms with Gasteiger partial charge in [0, 0.05) is 17.6 Å². The Labute approximate surface area is 172 Å². The first-order chi connectivity index (χ1) is 13.7. The van der Waals surface area contributed by atoms with Crippen LogP contribution in [0.3, 0.4) is 0 Å². The summed E-state index contributed by atoms with van der Waals surface area (Å²) in [6.07, 6.45) is -2.66. The van der Waals surface area contributed by atoms with E-state index in [1.807, 2.05) is 32.2 Å². The van der Waals surface area contributed by atoms with Crippen LogP contribution in [-0.2, 0) is 6.54 Å². The Bertz CT molecular complexity index is 897. The maximum absolute atomic E-state index is 12.4. The minimum atomic E-state index is -4.70. The number of benzene rings is 2. The summed E-state index contributed by atoms with van der Waals surface area (Å²) >= 11 is 1.68. The zero-order chi connectivity index (χ0) is 21.2. The van der Waals surface area contributed by atoms with Gasteiger partial charge in [-0.3, -0.25) is 0 Å². The second-order valence-corrected chi connectivity index (χ2v) is 7.93. The first-order valence-electron chi connectivity index (χ1n) is 8.89. The highest BCUT2D eigenvalue weighted by Crippen LogP contribution is 2.51. The van der Waals surface area contributed by atoms with E-state index in [0.29, 0.717) is 6.54 Å². The highest BCUT2D eigenvalue weighted by atomic mass is 32.2. The van der Waals surface area contributed by atoms with Crippen molar-refractivity contribution in [1.29, 1.82) is 0 Å². The first-order valence-corrected chi connectivity index (χ1v) is 9.76. The Hall–Kier alpha value is -2.48. The highest BCUT2D eigenvalue weighted by molar-refractivity contribution is 8.03. The summed E-state index contributed by atoms with van der Waals surface area (Å²) in [5.74, 6) is 1.26. The predicted octanol–water partition coefficient (Wildman–Crippen LogP) is 6.02. The second kappa shape index (κ2) is 8.49. The molecule has 0 N–H and O–H groups in total. The fourth-order valence-electron chi connectivity index (χ4n) is 3.31. The van der Waals surface area contributed by atoms with Gasteiger partial charge in [-0.15, -0.1) is 13.2 Å². The zero-order valence-corrected chi connectivity index (χ0v) is 17.4. The predicted molar refractivity (Wildman–Crippen MR) is 107 cm³/mol. The largest absolute Gasteiger partial charge is 0.573 e. The van der Waals surface area contributed by atoms with Crippen LogP contribution in [0.1, 0.15) is 29.0 Å². The van der Waals surface area contributed by atoms with Crippen molar-refractivity contribution in [2.45, 2.75) is 32.1 Å². The summed E-state index contributed by atoms with van der Waals surface area (Å²) in [5, 5.41) is -0.0779. The molecule has 0 saturated heterocycles. The lowest BCUT2D eigenvalue weighted by molar-refractivity contribution is -0.274. The molecule has 0 saturated carbocycles. The lowest BCUT2D eigenvalue weighted by Crippen LogP contribution is -2.19. The minimum Gasteiger partial charge on any atom is -0.496 e. The van der Waals surface area contributed by atoms with Gasteiger partial charge < -0.3 is 19.1 Å². The van der Waals surface area contributed by atoms with Crippen molar-refractivity contribution in [3.8, 4) is 17.2 Å². The molecular weight excluding hydrogens is 403 g/mol. The van der Waals surface area contributed by atoms with Crippen molar-refractivity contribution in [3.63, 3.8) is 0 Å². The van der Waals surface area contributed by atoms with Gasteiger partial charge >= 0.3 is 6.36 Å². The number of rotatable bonds is 6. The molecule has 156 valence electrons. The molecule has 3 rings (SSSR count). The van der Waals surface area contributed by atoms with Crippen molar-refractivity contribution in [2.24, 2.45) is 0 Å². The van der Waals surface area contributed by atoms with E-state index in [2.05, 4.69) is 9.64 Å². The number of nitrogens with zero attached hydrogens (tertiary/aromatic N) is 1. The fraction of sp³-hybridized carbons (Fsp3) is 0.333. The summed E-state index contributed by atoms with van der Waals surface area (Å²) in [4.78, 5) is 3.25. The first kappa shape index (κ1) is 21.2. The average Bonchev–Trinajstić information content (AvgIpc) is 3.01. The average molecular weight is 425 g/mol. The molecule has 1 aliphatic heterocycles. The molecule has 4 nitrogen and oxygen atoms in total. The van der Waals surface area contributed by atoms with E-state index in [9.17, 15) is 13.2 Å². The number of halogens is 3. The number of thioether (sulfide) groups is 1. The molecule has 29 heavy (non-hydrogen) atoms. The van der Waals surface area contributed by atoms with Crippen LogP contribution in [0, 0.1) is 6.92 Å². The summed E-state index contributed by atoms with van der Waals surface area (Å²) in [6, 6.07) is 9.79. The number of methoxy groups -OCH3 is 2. The molecule has 1 aliphatic rings. The van der Waals surface area contributed by atoms with Crippen LogP contribution >= 0.6 is 11.8 Å². The summed E-state index contributed by atoms with van der Waals surface area (Å²) in [5.41, 5.74) is 2.80. The van der Waals surface area contributed by atoms with Gasteiger partial charge in [-0.25, -0.2) is 0 Å². The van der Waals surface area contributed by atoms with Crippen LogP contribution in [0.15, 0.2) is 47.5 Å². The number of ether oxygens (including phenoxy) is 3. The maximum Gasteiger partial charge on any atom is 0.573 e. The molecule has 0 spiro atoms. The van der Waals surface area contributed by atoms with Gasteiger partial charge in [0.15, 0.2) is 0 Å².